The van der Waals surface area contributed by atoms with E-state index < -0.39 is 12.2 Å². The highest BCUT2D eigenvalue weighted by atomic mass is 32.1. The normalized spacial score (nSPS) is 15.1. The van der Waals surface area contributed by atoms with Gasteiger partial charge in [0.25, 0.3) is 5.56 Å². The van der Waals surface area contributed by atoms with Crippen LogP contribution in [0.1, 0.15) is 18.2 Å². The molecule has 1 aromatic rings. The zero-order valence-corrected chi connectivity index (χ0v) is 8.32. The first-order chi connectivity index (χ1) is 6.65. The Morgan fingerprint density at radius 2 is 2.29 bits per heavy atom. The SMILES string of the molecule is O=c1cnc(C(O)C(O)CCS)c[nH]1. The van der Waals surface area contributed by atoms with Gasteiger partial charge >= 0.3 is 0 Å². The summed E-state index contributed by atoms with van der Waals surface area (Å²) in [5.74, 6) is 0.474. The van der Waals surface area contributed by atoms with Gasteiger partial charge in [0.2, 0.25) is 0 Å². The Bertz CT molecular complexity index is 321. The molecule has 14 heavy (non-hydrogen) atoms. The van der Waals surface area contributed by atoms with Crippen molar-refractivity contribution >= 4 is 12.6 Å². The Hall–Kier alpha value is -0.850. The third-order valence-electron chi connectivity index (χ3n) is 1.79. The van der Waals surface area contributed by atoms with Crippen LogP contribution in [0, 0.1) is 0 Å². The van der Waals surface area contributed by atoms with Crippen LogP contribution < -0.4 is 5.56 Å². The van der Waals surface area contributed by atoms with Crippen molar-refractivity contribution in [3.8, 4) is 0 Å². The van der Waals surface area contributed by atoms with E-state index in [-0.39, 0.29) is 11.3 Å². The molecule has 1 rings (SSSR count). The first kappa shape index (κ1) is 11.2. The number of hydrogen-bond acceptors (Lipinski definition) is 5. The Balaban J connectivity index is 2.73. The molecule has 0 radical (unpaired) electrons. The Morgan fingerprint density at radius 3 is 2.79 bits per heavy atom. The van der Waals surface area contributed by atoms with E-state index in [1.165, 1.54) is 6.20 Å². The first-order valence-corrected chi connectivity index (χ1v) is 4.80. The van der Waals surface area contributed by atoms with Crippen molar-refractivity contribution in [3.63, 3.8) is 0 Å². The maximum absolute atomic E-state index is 10.7. The molecule has 1 aromatic heterocycles. The van der Waals surface area contributed by atoms with E-state index in [1.54, 1.807) is 0 Å². The second kappa shape index (κ2) is 5.14. The number of thiol groups is 1. The van der Waals surface area contributed by atoms with E-state index in [0.717, 1.165) is 6.20 Å². The van der Waals surface area contributed by atoms with Gasteiger partial charge < -0.3 is 15.2 Å². The number of nitrogens with one attached hydrogen (secondary N) is 1. The van der Waals surface area contributed by atoms with Crippen LogP contribution in [0.4, 0.5) is 0 Å². The van der Waals surface area contributed by atoms with Crippen LogP contribution in [0.5, 0.6) is 0 Å². The fourth-order valence-electron chi connectivity index (χ4n) is 1.00. The molecule has 2 atom stereocenters. The van der Waals surface area contributed by atoms with Crippen LogP contribution in [0.15, 0.2) is 17.2 Å². The van der Waals surface area contributed by atoms with Crippen LogP contribution >= 0.6 is 12.6 Å². The van der Waals surface area contributed by atoms with E-state index in [9.17, 15) is 15.0 Å². The number of hydrogen-bond donors (Lipinski definition) is 4. The molecule has 5 nitrogen and oxygen atoms in total. The molecule has 2 unspecified atom stereocenters. The third kappa shape index (κ3) is 2.83. The standard InChI is InChI=1S/C8H12N2O3S/c11-6(1-2-14)8(13)5-3-10-7(12)4-9-5/h3-4,6,8,11,13-14H,1-2H2,(H,10,12). The summed E-state index contributed by atoms with van der Waals surface area (Å²) in [4.78, 5) is 16.7. The van der Waals surface area contributed by atoms with E-state index in [4.69, 9.17) is 0 Å². The van der Waals surface area contributed by atoms with Gasteiger partial charge in [-0.2, -0.15) is 12.6 Å². The van der Waals surface area contributed by atoms with Crippen molar-refractivity contribution in [2.75, 3.05) is 5.75 Å². The molecule has 1 heterocycles. The summed E-state index contributed by atoms with van der Waals surface area (Å²) < 4.78 is 0. The Kier molecular flexibility index (Phi) is 4.12. The fraction of sp³-hybridized carbons (Fsp3) is 0.500. The monoisotopic (exact) mass is 216 g/mol. The number of H-pyrrole nitrogens is 1. The molecular formula is C8H12N2O3S. The number of nitrogens with zero attached hydrogens (tertiary/aromatic N) is 1. The summed E-state index contributed by atoms with van der Waals surface area (Å²) in [5.41, 5.74) is -0.0940. The summed E-state index contributed by atoms with van der Waals surface area (Å²) in [5, 5.41) is 19.0. The molecule has 0 saturated carbocycles. The van der Waals surface area contributed by atoms with Gasteiger partial charge in [0.05, 0.1) is 18.0 Å². The van der Waals surface area contributed by atoms with Gasteiger partial charge in [-0.3, -0.25) is 9.78 Å². The molecule has 0 aliphatic heterocycles. The molecule has 3 N–H and O–H groups in total. The number of aliphatic hydroxyl groups is 2. The second-order valence-corrected chi connectivity index (χ2v) is 3.31. The molecule has 0 aliphatic rings. The molecule has 0 amide bonds. The van der Waals surface area contributed by atoms with Gasteiger partial charge in [-0.1, -0.05) is 0 Å². The van der Waals surface area contributed by atoms with E-state index >= 15 is 0 Å². The Morgan fingerprint density at radius 1 is 1.57 bits per heavy atom. The largest absolute Gasteiger partial charge is 0.390 e. The second-order valence-electron chi connectivity index (χ2n) is 2.86. The predicted molar refractivity (Wildman–Crippen MR) is 54.3 cm³/mol. The summed E-state index contributed by atoms with van der Waals surface area (Å²) in [6.07, 6.45) is 0.719. The lowest BCUT2D eigenvalue weighted by Gasteiger charge is -2.15. The van der Waals surface area contributed by atoms with Gasteiger partial charge in [-0.15, -0.1) is 0 Å². The highest BCUT2D eigenvalue weighted by molar-refractivity contribution is 7.80. The van der Waals surface area contributed by atoms with Gasteiger partial charge in [0, 0.05) is 6.20 Å². The van der Waals surface area contributed by atoms with E-state index in [0.29, 0.717) is 12.2 Å². The van der Waals surface area contributed by atoms with Crippen molar-refractivity contribution < 1.29 is 10.2 Å². The lowest BCUT2D eigenvalue weighted by atomic mass is 10.1. The summed E-state index contributed by atoms with van der Waals surface area (Å²) in [6.45, 7) is 0. The molecule has 0 aliphatic carbocycles. The van der Waals surface area contributed by atoms with Crippen molar-refractivity contribution in [2.45, 2.75) is 18.6 Å². The predicted octanol–water partition coefficient (Wildman–Crippen LogP) is -0.516. The number of aromatic amines is 1. The first-order valence-electron chi connectivity index (χ1n) is 4.16. The van der Waals surface area contributed by atoms with E-state index in [2.05, 4.69) is 22.6 Å². The maximum Gasteiger partial charge on any atom is 0.266 e. The third-order valence-corrected chi connectivity index (χ3v) is 2.04. The highest BCUT2D eigenvalue weighted by Crippen LogP contribution is 2.15. The molecule has 0 spiro atoms. The molecule has 0 fully saturated rings. The lowest BCUT2D eigenvalue weighted by Crippen LogP contribution is -2.21. The van der Waals surface area contributed by atoms with Gasteiger partial charge in [0.15, 0.2) is 0 Å². The Labute approximate surface area is 86.2 Å². The van der Waals surface area contributed by atoms with Crippen LogP contribution in [-0.4, -0.2) is 32.0 Å². The molecular weight excluding hydrogens is 204 g/mol. The lowest BCUT2D eigenvalue weighted by molar-refractivity contribution is 0.0144. The maximum atomic E-state index is 10.7. The zero-order chi connectivity index (χ0) is 10.6. The summed E-state index contributed by atoms with van der Waals surface area (Å²) in [6, 6.07) is 0. The highest BCUT2D eigenvalue weighted by Gasteiger charge is 2.18. The van der Waals surface area contributed by atoms with Crippen LogP contribution in [-0.2, 0) is 0 Å². The van der Waals surface area contributed by atoms with Crippen LogP contribution in [0.2, 0.25) is 0 Å². The van der Waals surface area contributed by atoms with Crippen molar-refractivity contribution in [1.29, 1.82) is 0 Å². The average Bonchev–Trinajstić information content (AvgIpc) is 2.18. The summed E-state index contributed by atoms with van der Waals surface area (Å²) >= 11 is 3.93. The van der Waals surface area contributed by atoms with Crippen LogP contribution in [0.3, 0.4) is 0 Å². The molecule has 0 bridgehead atoms. The fourth-order valence-corrected chi connectivity index (χ4v) is 1.27. The average molecular weight is 216 g/mol. The molecule has 0 aromatic carbocycles. The number of aliphatic hydroxyl groups excluding tert-OH is 2. The van der Waals surface area contributed by atoms with Crippen molar-refractivity contribution in [2.24, 2.45) is 0 Å². The van der Waals surface area contributed by atoms with Gasteiger partial charge in [-0.05, 0) is 12.2 Å². The minimum atomic E-state index is -1.08. The summed E-state index contributed by atoms with van der Waals surface area (Å²) in [7, 11) is 0. The van der Waals surface area contributed by atoms with Gasteiger partial charge in [-0.25, -0.2) is 0 Å². The number of rotatable bonds is 4. The number of aromatic nitrogens is 2. The minimum Gasteiger partial charge on any atom is -0.390 e. The molecule has 78 valence electrons. The zero-order valence-electron chi connectivity index (χ0n) is 7.42. The van der Waals surface area contributed by atoms with E-state index in [1.807, 2.05) is 0 Å². The molecule has 6 heteroatoms. The van der Waals surface area contributed by atoms with Crippen molar-refractivity contribution in [1.82, 2.24) is 9.97 Å². The van der Waals surface area contributed by atoms with Gasteiger partial charge in [0.1, 0.15) is 6.10 Å². The topological polar surface area (TPSA) is 86.2 Å². The molecule has 0 saturated heterocycles. The van der Waals surface area contributed by atoms with Crippen molar-refractivity contribution in [3.05, 3.63) is 28.4 Å². The minimum absolute atomic E-state index is 0.249. The van der Waals surface area contributed by atoms with Crippen LogP contribution in [0.25, 0.3) is 0 Å². The smallest absolute Gasteiger partial charge is 0.266 e. The quantitative estimate of drug-likeness (QED) is 0.510.